The second-order valence-corrected chi connectivity index (χ2v) is 9.32. The van der Waals surface area contributed by atoms with E-state index in [1.54, 1.807) is 26.0 Å². The number of carbonyl (C=O) groups is 3. The summed E-state index contributed by atoms with van der Waals surface area (Å²) < 4.78 is 38.4. The lowest BCUT2D eigenvalue weighted by Crippen LogP contribution is -2.31. The van der Waals surface area contributed by atoms with Crippen molar-refractivity contribution >= 4 is 44.2 Å². The van der Waals surface area contributed by atoms with Crippen molar-refractivity contribution in [1.29, 1.82) is 0 Å². The molecule has 0 spiro atoms. The van der Waals surface area contributed by atoms with E-state index in [1.165, 1.54) is 31.2 Å². The molecule has 0 atom stereocenters. The van der Waals surface area contributed by atoms with Crippen molar-refractivity contribution in [2.75, 3.05) is 18.1 Å². The van der Waals surface area contributed by atoms with Crippen LogP contribution in [0.1, 0.15) is 47.9 Å². The van der Waals surface area contributed by atoms with Crippen molar-refractivity contribution < 1.29 is 32.3 Å². The molecule has 0 unspecified atom stereocenters. The Labute approximate surface area is 202 Å². The highest BCUT2D eigenvalue weighted by Crippen LogP contribution is 2.46. The van der Waals surface area contributed by atoms with Gasteiger partial charge in [-0.05, 0) is 38.1 Å². The maximum absolute atomic E-state index is 13.6. The van der Waals surface area contributed by atoms with Gasteiger partial charge in [-0.1, -0.05) is 31.2 Å². The number of sulfonamides is 1. The van der Waals surface area contributed by atoms with Gasteiger partial charge in [-0.25, -0.2) is 18.0 Å². The second kappa shape index (κ2) is 9.38. The number of carbonyl (C=O) groups excluding carboxylic acids is 3. The number of rotatable bonds is 8. The predicted molar refractivity (Wildman–Crippen MR) is 129 cm³/mol. The summed E-state index contributed by atoms with van der Waals surface area (Å²) in [5.41, 5.74) is 0.378. The first-order chi connectivity index (χ1) is 16.7. The van der Waals surface area contributed by atoms with Crippen molar-refractivity contribution in [3.05, 3.63) is 59.7 Å². The SMILES string of the molecule is CCOc1c2c(c(OCC)c3ccccc13)C(=O)N(c1ccc(S(=O)(=O)NC(=O)CC)cc1)C2=O. The molecule has 1 aliphatic heterocycles. The van der Waals surface area contributed by atoms with Gasteiger partial charge in [0.2, 0.25) is 5.91 Å². The van der Waals surface area contributed by atoms with Crippen LogP contribution < -0.4 is 19.1 Å². The summed E-state index contributed by atoms with van der Waals surface area (Å²) in [6, 6.07) is 12.4. The first kappa shape index (κ1) is 24.2. The summed E-state index contributed by atoms with van der Waals surface area (Å²) in [6.45, 7) is 5.66. The van der Waals surface area contributed by atoms with Crippen molar-refractivity contribution in [3.63, 3.8) is 0 Å². The molecule has 0 radical (unpaired) electrons. The molecule has 0 bridgehead atoms. The number of benzene rings is 3. The second-order valence-electron chi connectivity index (χ2n) is 7.64. The number of anilines is 1. The summed E-state index contributed by atoms with van der Waals surface area (Å²) in [4.78, 5) is 39.5. The average molecular weight is 497 g/mol. The Balaban J connectivity index is 1.83. The quantitative estimate of drug-likeness (QED) is 0.473. The van der Waals surface area contributed by atoms with E-state index in [2.05, 4.69) is 0 Å². The molecule has 0 saturated carbocycles. The van der Waals surface area contributed by atoms with Gasteiger partial charge in [-0.15, -0.1) is 0 Å². The van der Waals surface area contributed by atoms with Crippen LogP contribution in [0.5, 0.6) is 11.5 Å². The largest absolute Gasteiger partial charge is 0.492 e. The van der Waals surface area contributed by atoms with Crippen LogP contribution in [-0.4, -0.2) is 39.4 Å². The average Bonchev–Trinajstić information content (AvgIpc) is 3.11. The van der Waals surface area contributed by atoms with Crippen LogP contribution in [0.25, 0.3) is 10.8 Å². The Bertz CT molecular complexity index is 1380. The number of nitrogens with zero attached hydrogens (tertiary/aromatic N) is 1. The normalized spacial score (nSPS) is 13.2. The van der Waals surface area contributed by atoms with E-state index in [-0.39, 0.29) is 41.3 Å². The van der Waals surface area contributed by atoms with Crippen LogP contribution >= 0.6 is 0 Å². The van der Waals surface area contributed by atoms with Crippen molar-refractivity contribution in [2.24, 2.45) is 0 Å². The molecule has 1 aliphatic rings. The maximum Gasteiger partial charge on any atom is 0.270 e. The molecule has 3 aromatic carbocycles. The molecule has 0 fully saturated rings. The third-order valence-electron chi connectivity index (χ3n) is 5.51. The molecule has 9 nitrogen and oxygen atoms in total. The zero-order chi connectivity index (χ0) is 25.3. The predicted octanol–water partition coefficient (Wildman–Crippen LogP) is 3.65. The van der Waals surface area contributed by atoms with Gasteiger partial charge in [0.15, 0.2) is 0 Å². The van der Waals surface area contributed by atoms with Crippen molar-refractivity contribution in [1.82, 2.24) is 4.72 Å². The van der Waals surface area contributed by atoms with E-state index in [0.29, 0.717) is 22.3 Å². The molecule has 3 aromatic rings. The van der Waals surface area contributed by atoms with Gasteiger partial charge in [0.25, 0.3) is 21.8 Å². The first-order valence-corrected chi connectivity index (χ1v) is 12.6. The minimum absolute atomic E-state index is 0.00500. The molecule has 3 amide bonds. The minimum Gasteiger partial charge on any atom is -0.492 e. The molecular weight excluding hydrogens is 472 g/mol. The van der Waals surface area contributed by atoms with Crippen LogP contribution in [0.3, 0.4) is 0 Å². The van der Waals surface area contributed by atoms with E-state index in [4.69, 9.17) is 9.47 Å². The molecule has 0 aliphatic carbocycles. The van der Waals surface area contributed by atoms with Crippen LogP contribution in [-0.2, 0) is 14.8 Å². The van der Waals surface area contributed by atoms with Gasteiger partial charge < -0.3 is 9.47 Å². The molecule has 10 heteroatoms. The lowest BCUT2D eigenvalue weighted by molar-refractivity contribution is -0.119. The highest BCUT2D eigenvalue weighted by molar-refractivity contribution is 7.90. The number of nitrogens with one attached hydrogen (secondary N) is 1. The fraction of sp³-hybridized carbons (Fsp3) is 0.240. The zero-order valence-corrected chi connectivity index (χ0v) is 20.3. The Kier molecular flexibility index (Phi) is 6.49. The Morgan fingerprint density at radius 3 is 1.74 bits per heavy atom. The van der Waals surface area contributed by atoms with Crippen LogP contribution in [0.2, 0.25) is 0 Å². The molecule has 1 heterocycles. The summed E-state index contributed by atoms with van der Waals surface area (Å²) >= 11 is 0. The van der Waals surface area contributed by atoms with Gasteiger partial charge in [0.05, 0.1) is 34.9 Å². The number of hydrogen-bond donors (Lipinski definition) is 1. The lowest BCUT2D eigenvalue weighted by Gasteiger charge is -2.15. The molecular formula is C25H24N2O7S. The highest BCUT2D eigenvalue weighted by Gasteiger charge is 2.43. The topological polar surface area (TPSA) is 119 Å². The third kappa shape index (κ3) is 4.10. The van der Waals surface area contributed by atoms with Gasteiger partial charge in [0, 0.05) is 17.2 Å². The van der Waals surface area contributed by atoms with E-state index in [1.807, 2.05) is 16.9 Å². The smallest absolute Gasteiger partial charge is 0.270 e. The van der Waals surface area contributed by atoms with Crippen LogP contribution in [0, 0.1) is 0 Å². The molecule has 4 rings (SSSR count). The maximum atomic E-state index is 13.6. The summed E-state index contributed by atoms with van der Waals surface area (Å²) in [5.74, 6) is -1.26. The number of hydrogen-bond acceptors (Lipinski definition) is 7. The van der Waals surface area contributed by atoms with Gasteiger partial charge in [-0.2, -0.15) is 0 Å². The standard InChI is InChI=1S/C25H24N2O7S/c1-4-19(28)26-35(31,32)16-13-11-15(12-14-16)27-24(29)20-21(25(27)30)23(34-6-3)18-10-8-7-9-17(18)22(20)33-5-2/h7-14H,4-6H2,1-3H3,(H,26,28). The molecule has 1 N–H and O–H groups in total. The van der Waals surface area contributed by atoms with E-state index >= 15 is 0 Å². The molecule has 0 saturated heterocycles. The fourth-order valence-corrected chi connectivity index (χ4v) is 5.03. The number of imide groups is 1. The number of amides is 3. The van der Waals surface area contributed by atoms with Crippen LogP contribution in [0.15, 0.2) is 53.4 Å². The van der Waals surface area contributed by atoms with Gasteiger partial charge in [0.1, 0.15) is 11.5 Å². The van der Waals surface area contributed by atoms with E-state index in [9.17, 15) is 22.8 Å². The lowest BCUT2D eigenvalue weighted by atomic mass is 9.99. The Hall–Kier alpha value is -3.92. The third-order valence-corrected chi connectivity index (χ3v) is 6.90. The summed E-state index contributed by atoms with van der Waals surface area (Å²) in [7, 11) is -4.07. The molecule has 35 heavy (non-hydrogen) atoms. The van der Waals surface area contributed by atoms with Gasteiger partial charge in [-0.3, -0.25) is 14.4 Å². The fourth-order valence-electron chi connectivity index (χ4n) is 3.98. The van der Waals surface area contributed by atoms with E-state index in [0.717, 1.165) is 4.90 Å². The minimum atomic E-state index is -4.07. The number of ether oxygens (including phenoxy) is 2. The van der Waals surface area contributed by atoms with Crippen molar-refractivity contribution in [2.45, 2.75) is 32.1 Å². The van der Waals surface area contributed by atoms with E-state index < -0.39 is 27.7 Å². The zero-order valence-electron chi connectivity index (χ0n) is 19.5. The molecule has 0 aromatic heterocycles. The first-order valence-electron chi connectivity index (χ1n) is 11.1. The number of fused-ring (bicyclic) bond motifs is 2. The summed E-state index contributed by atoms with van der Waals surface area (Å²) in [5, 5.41) is 1.29. The monoisotopic (exact) mass is 496 g/mol. The molecule has 182 valence electrons. The highest BCUT2D eigenvalue weighted by atomic mass is 32.2. The Morgan fingerprint density at radius 1 is 0.829 bits per heavy atom. The van der Waals surface area contributed by atoms with Crippen molar-refractivity contribution in [3.8, 4) is 11.5 Å². The van der Waals surface area contributed by atoms with Crippen LogP contribution in [0.4, 0.5) is 5.69 Å². The summed E-state index contributed by atoms with van der Waals surface area (Å²) in [6.07, 6.45) is 0.00500. The Morgan fingerprint density at radius 2 is 1.31 bits per heavy atom. The van der Waals surface area contributed by atoms with Gasteiger partial charge >= 0.3 is 0 Å².